The first-order valence-electron chi connectivity index (χ1n) is 5.84. The Morgan fingerprint density at radius 3 is 2.88 bits per heavy atom. The number of aryl methyl sites for hydroxylation is 1. The highest BCUT2D eigenvalue weighted by Gasteiger charge is 2.35. The van der Waals surface area contributed by atoms with Crippen LogP contribution in [-0.4, -0.2) is 18.0 Å². The van der Waals surface area contributed by atoms with Gasteiger partial charge in [-0.25, -0.2) is 4.39 Å². The van der Waals surface area contributed by atoms with Gasteiger partial charge in [-0.1, -0.05) is 0 Å². The van der Waals surface area contributed by atoms with Gasteiger partial charge in [0.2, 0.25) is 5.91 Å². The molecule has 0 saturated carbocycles. The molecule has 4 heteroatoms. The zero-order chi connectivity index (χ0) is 12.5. The Labute approximate surface area is 100 Å². The van der Waals surface area contributed by atoms with Crippen molar-refractivity contribution in [3.8, 4) is 0 Å². The molecule has 2 N–H and O–H groups in total. The van der Waals surface area contributed by atoms with Gasteiger partial charge in [0.05, 0.1) is 5.54 Å². The summed E-state index contributed by atoms with van der Waals surface area (Å²) in [6.07, 6.45) is 1.84. The molecule has 1 fully saturated rings. The second-order valence-corrected chi connectivity index (χ2v) is 4.78. The largest absolute Gasteiger partial charge is 0.324 e. The highest BCUT2D eigenvalue weighted by atomic mass is 19.1. The maximum Gasteiger partial charge on any atom is 0.244 e. The predicted octanol–water partition coefficient (Wildman–Crippen LogP) is 2.21. The zero-order valence-electron chi connectivity index (χ0n) is 10.1. The second-order valence-electron chi connectivity index (χ2n) is 4.78. The van der Waals surface area contributed by atoms with Gasteiger partial charge in [0.1, 0.15) is 5.82 Å². The average molecular weight is 236 g/mol. The van der Waals surface area contributed by atoms with E-state index in [0.717, 1.165) is 19.4 Å². The summed E-state index contributed by atoms with van der Waals surface area (Å²) < 4.78 is 13.1. The van der Waals surface area contributed by atoms with E-state index >= 15 is 0 Å². The Morgan fingerprint density at radius 2 is 2.29 bits per heavy atom. The lowest BCUT2D eigenvalue weighted by Gasteiger charge is -2.23. The van der Waals surface area contributed by atoms with Gasteiger partial charge in [0, 0.05) is 5.69 Å². The highest BCUT2D eigenvalue weighted by Crippen LogP contribution is 2.21. The topological polar surface area (TPSA) is 41.1 Å². The number of amides is 1. The summed E-state index contributed by atoms with van der Waals surface area (Å²) in [5.41, 5.74) is 0.679. The van der Waals surface area contributed by atoms with Crippen LogP contribution < -0.4 is 10.6 Å². The van der Waals surface area contributed by atoms with Crippen molar-refractivity contribution >= 4 is 11.6 Å². The first-order valence-corrected chi connectivity index (χ1v) is 5.84. The first-order chi connectivity index (χ1) is 8.01. The molecule has 1 atom stereocenters. The number of carbonyl (C=O) groups is 1. The van der Waals surface area contributed by atoms with E-state index < -0.39 is 5.54 Å². The predicted molar refractivity (Wildman–Crippen MR) is 65.4 cm³/mol. The third-order valence-corrected chi connectivity index (χ3v) is 3.29. The van der Waals surface area contributed by atoms with E-state index in [1.807, 2.05) is 6.92 Å². The van der Waals surface area contributed by atoms with Crippen LogP contribution in [0.2, 0.25) is 0 Å². The van der Waals surface area contributed by atoms with Crippen LogP contribution in [-0.2, 0) is 4.79 Å². The van der Waals surface area contributed by atoms with Crippen LogP contribution in [0.1, 0.15) is 25.3 Å². The minimum atomic E-state index is -0.498. The van der Waals surface area contributed by atoms with Crippen LogP contribution in [0, 0.1) is 12.7 Å². The van der Waals surface area contributed by atoms with Crippen LogP contribution in [0.5, 0.6) is 0 Å². The van der Waals surface area contributed by atoms with E-state index in [1.54, 1.807) is 19.1 Å². The molecule has 1 amide bonds. The molecule has 1 aliphatic heterocycles. The summed E-state index contributed by atoms with van der Waals surface area (Å²) in [7, 11) is 0. The van der Waals surface area contributed by atoms with Crippen LogP contribution in [0.25, 0.3) is 0 Å². The van der Waals surface area contributed by atoms with Crippen molar-refractivity contribution in [2.75, 3.05) is 11.9 Å². The molecule has 1 aliphatic rings. The third-order valence-electron chi connectivity index (χ3n) is 3.29. The number of hydrogen-bond donors (Lipinski definition) is 2. The SMILES string of the molecule is Cc1cc(NC(=O)C2(C)CCCN2)ccc1F. The fourth-order valence-electron chi connectivity index (χ4n) is 2.08. The smallest absolute Gasteiger partial charge is 0.244 e. The molecule has 3 nitrogen and oxygen atoms in total. The summed E-state index contributed by atoms with van der Waals surface area (Å²) in [6, 6.07) is 4.60. The molecule has 0 aromatic heterocycles. The number of anilines is 1. The second kappa shape index (κ2) is 4.45. The van der Waals surface area contributed by atoms with Crippen LogP contribution in [0.15, 0.2) is 18.2 Å². The number of hydrogen-bond acceptors (Lipinski definition) is 2. The van der Waals surface area contributed by atoms with Gasteiger partial charge >= 0.3 is 0 Å². The minimum absolute atomic E-state index is 0.0546. The van der Waals surface area contributed by atoms with Gasteiger partial charge < -0.3 is 10.6 Å². The highest BCUT2D eigenvalue weighted by molar-refractivity contribution is 5.98. The summed E-state index contributed by atoms with van der Waals surface area (Å²) in [5.74, 6) is -0.311. The quantitative estimate of drug-likeness (QED) is 0.826. The number of rotatable bonds is 2. The van der Waals surface area contributed by atoms with Crippen LogP contribution >= 0.6 is 0 Å². The van der Waals surface area contributed by atoms with E-state index in [0.29, 0.717) is 11.3 Å². The van der Waals surface area contributed by atoms with Crippen molar-refractivity contribution in [3.05, 3.63) is 29.6 Å². The molecule has 0 aliphatic carbocycles. The van der Waals surface area contributed by atoms with Crippen molar-refractivity contribution in [1.29, 1.82) is 0 Å². The van der Waals surface area contributed by atoms with E-state index in [4.69, 9.17) is 0 Å². The lowest BCUT2D eigenvalue weighted by molar-refractivity contribution is -0.121. The summed E-state index contributed by atoms with van der Waals surface area (Å²) >= 11 is 0. The molecule has 1 saturated heterocycles. The molecule has 1 aromatic rings. The van der Waals surface area contributed by atoms with Crippen LogP contribution in [0.3, 0.4) is 0 Å². The van der Waals surface area contributed by atoms with Crippen molar-refractivity contribution in [2.45, 2.75) is 32.2 Å². The molecule has 0 radical (unpaired) electrons. The van der Waals surface area contributed by atoms with Crippen molar-refractivity contribution < 1.29 is 9.18 Å². The molecular weight excluding hydrogens is 219 g/mol. The maximum atomic E-state index is 13.1. The Balaban J connectivity index is 2.10. The van der Waals surface area contributed by atoms with Crippen molar-refractivity contribution in [3.63, 3.8) is 0 Å². The van der Waals surface area contributed by atoms with Crippen LogP contribution in [0.4, 0.5) is 10.1 Å². The first kappa shape index (κ1) is 12.0. The van der Waals surface area contributed by atoms with E-state index in [9.17, 15) is 9.18 Å². The maximum absolute atomic E-state index is 13.1. The third kappa shape index (κ3) is 2.47. The standard InChI is InChI=1S/C13H17FN2O/c1-9-8-10(4-5-11(9)14)16-12(17)13(2)6-3-7-15-13/h4-5,8,15H,3,6-7H2,1-2H3,(H,16,17). The average Bonchev–Trinajstić information content (AvgIpc) is 2.72. The lowest BCUT2D eigenvalue weighted by atomic mass is 9.99. The fraction of sp³-hybridized carbons (Fsp3) is 0.462. The normalized spacial score (nSPS) is 23.7. The lowest BCUT2D eigenvalue weighted by Crippen LogP contribution is -2.47. The number of carbonyl (C=O) groups excluding carboxylic acids is 1. The number of benzene rings is 1. The van der Waals surface area contributed by atoms with Gasteiger partial charge in [-0.05, 0) is 57.0 Å². The molecule has 92 valence electrons. The molecule has 1 unspecified atom stereocenters. The molecular formula is C13H17FN2O. The number of halogens is 1. The van der Waals surface area contributed by atoms with Gasteiger partial charge in [-0.15, -0.1) is 0 Å². The Kier molecular flexibility index (Phi) is 3.15. The Bertz CT molecular complexity index is 439. The van der Waals surface area contributed by atoms with Gasteiger partial charge in [-0.3, -0.25) is 4.79 Å². The van der Waals surface area contributed by atoms with E-state index in [2.05, 4.69) is 10.6 Å². The molecule has 17 heavy (non-hydrogen) atoms. The van der Waals surface area contributed by atoms with Crippen molar-refractivity contribution in [1.82, 2.24) is 5.32 Å². The molecule has 1 heterocycles. The fourth-order valence-corrected chi connectivity index (χ4v) is 2.08. The van der Waals surface area contributed by atoms with E-state index in [1.165, 1.54) is 6.07 Å². The summed E-state index contributed by atoms with van der Waals surface area (Å²) in [4.78, 5) is 12.1. The molecule has 0 spiro atoms. The Morgan fingerprint density at radius 1 is 1.53 bits per heavy atom. The van der Waals surface area contributed by atoms with Crippen molar-refractivity contribution in [2.24, 2.45) is 0 Å². The van der Waals surface area contributed by atoms with Gasteiger partial charge in [-0.2, -0.15) is 0 Å². The van der Waals surface area contributed by atoms with Gasteiger partial charge in [0.15, 0.2) is 0 Å². The molecule has 1 aromatic carbocycles. The van der Waals surface area contributed by atoms with Gasteiger partial charge in [0.25, 0.3) is 0 Å². The summed E-state index contributed by atoms with van der Waals surface area (Å²) in [6.45, 7) is 4.44. The monoisotopic (exact) mass is 236 g/mol. The summed E-state index contributed by atoms with van der Waals surface area (Å²) in [5, 5.41) is 6.02. The number of nitrogens with one attached hydrogen (secondary N) is 2. The Hall–Kier alpha value is -1.42. The molecule has 2 rings (SSSR count). The molecule has 0 bridgehead atoms. The zero-order valence-corrected chi connectivity index (χ0v) is 10.1. The minimum Gasteiger partial charge on any atom is -0.324 e. The van der Waals surface area contributed by atoms with E-state index in [-0.39, 0.29) is 11.7 Å².